The highest BCUT2D eigenvalue weighted by Crippen LogP contribution is 2.27. The van der Waals surface area contributed by atoms with E-state index in [1.165, 1.54) is 17.3 Å². The average Bonchev–Trinajstić information content (AvgIpc) is 3.10. The van der Waals surface area contributed by atoms with E-state index in [9.17, 15) is 8.42 Å². The number of benzene rings is 2. The van der Waals surface area contributed by atoms with Gasteiger partial charge in [-0.25, -0.2) is 0 Å². The molecule has 0 aliphatic heterocycles. The molecule has 0 bridgehead atoms. The van der Waals surface area contributed by atoms with E-state index in [2.05, 4.69) is 31.0 Å². The molecule has 0 N–H and O–H groups in total. The van der Waals surface area contributed by atoms with Gasteiger partial charge in [0.05, 0.1) is 5.75 Å². The van der Waals surface area contributed by atoms with E-state index in [1.807, 2.05) is 24.3 Å². The van der Waals surface area contributed by atoms with Gasteiger partial charge in [-0.05, 0) is 35.2 Å². The quantitative estimate of drug-likeness (QED) is 0.412. The predicted molar refractivity (Wildman–Crippen MR) is 110 cm³/mol. The van der Waals surface area contributed by atoms with Crippen molar-refractivity contribution in [3.63, 3.8) is 0 Å². The molecule has 2 aromatic carbocycles. The standard InChI is InChI=1S/C20H22N2O4S2/c1-20(2,3)16-11-9-15(10-12-16)18-21-22-19(25-18)27-13-14-28(23,24)26-17-7-5-4-6-8-17/h4-12H,13-14H2,1-3H3. The summed E-state index contributed by atoms with van der Waals surface area (Å²) in [7, 11) is -3.68. The number of aromatic nitrogens is 2. The number of para-hydroxylation sites is 1. The molecule has 3 aromatic rings. The molecular formula is C20H22N2O4S2. The van der Waals surface area contributed by atoms with E-state index in [-0.39, 0.29) is 16.9 Å². The molecule has 0 saturated carbocycles. The molecule has 0 amide bonds. The zero-order valence-electron chi connectivity index (χ0n) is 16.0. The Kier molecular flexibility index (Phi) is 6.10. The first kappa shape index (κ1) is 20.4. The zero-order valence-corrected chi connectivity index (χ0v) is 17.6. The van der Waals surface area contributed by atoms with Gasteiger partial charge in [-0.3, -0.25) is 0 Å². The summed E-state index contributed by atoms with van der Waals surface area (Å²) < 4.78 is 34.7. The monoisotopic (exact) mass is 418 g/mol. The molecule has 0 unspecified atom stereocenters. The second kappa shape index (κ2) is 8.36. The van der Waals surface area contributed by atoms with Crippen molar-refractivity contribution in [1.82, 2.24) is 10.2 Å². The Labute approximate surface area is 169 Å². The lowest BCUT2D eigenvalue weighted by Gasteiger charge is -2.18. The lowest BCUT2D eigenvalue weighted by atomic mass is 9.87. The summed E-state index contributed by atoms with van der Waals surface area (Å²) in [6.45, 7) is 6.46. The summed E-state index contributed by atoms with van der Waals surface area (Å²) in [6.07, 6.45) is 0. The summed E-state index contributed by atoms with van der Waals surface area (Å²) in [5.74, 6) is 0.794. The maximum absolute atomic E-state index is 12.0. The third-order valence-electron chi connectivity index (χ3n) is 3.93. The number of hydrogen-bond acceptors (Lipinski definition) is 7. The van der Waals surface area contributed by atoms with Gasteiger partial charge in [0.2, 0.25) is 5.89 Å². The highest BCUT2D eigenvalue weighted by atomic mass is 32.2. The molecule has 148 valence electrons. The number of thioether (sulfide) groups is 1. The van der Waals surface area contributed by atoms with Crippen molar-refractivity contribution in [3.8, 4) is 17.2 Å². The average molecular weight is 419 g/mol. The molecule has 3 rings (SSSR count). The van der Waals surface area contributed by atoms with Crippen LogP contribution < -0.4 is 4.18 Å². The van der Waals surface area contributed by atoms with Gasteiger partial charge in [0.15, 0.2) is 0 Å². The fourth-order valence-electron chi connectivity index (χ4n) is 2.39. The van der Waals surface area contributed by atoms with E-state index in [0.29, 0.717) is 16.9 Å². The van der Waals surface area contributed by atoms with Crippen LogP contribution >= 0.6 is 11.8 Å². The van der Waals surface area contributed by atoms with Crippen LogP contribution in [-0.4, -0.2) is 30.1 Å². The van der Waals surface area contributed by atoms with Crippen molar-refractivity contribution in [2.75, 3.05) is 11.5 Å². The Hall–Kier alpha value is -2.32. The molecule has 0 aliphatic rings. The Morgan fingerprint density at radius 3 is 2.32 bits per heavy atom. The normalized spacial score (nSPS) is 12.1. The Morgan fingerprint density at radius 2 is 1.68 bits per heavy atom. The molecule has 0 spiro atoms. The summed E-state index contributed by atoms with van der Waals surface area (Å²) in [4.78, 5) is 0. The first-order chi connectivity index (χ1) is 13.2. The van der Waals surface area contributed by atoms with E-state index in [4.69, 9.17) is 8.60 Å². The van der Waals surface area contributed by atoms with Crippen LogP contribution in [0.25, 0.3) is 11.5 Å². The molecule has 0 aliphatic carbocycles. The minimum atomic E-state index is -3.68. The second-order valence-electron chi connectivity index (χ2n) is 7.21. The van der Waals surface area contributed by atoms with E-state index < -0.39 is 10.1 Å². The molecule has 0 fully saturated rings. The maximum atomic E-state index is 12.0. The van der Waals surface area contributed by atoms with E-state index >= 15 is 0 Å². The molecular weight excluding hydrogens is 396 g/mol. The van der Waals surface area contributed by atoms with Gasteiger partial charge >= 0.3 is 10.1 Å². The largest absolute Gasteiger partial charge is 0.411 e. The molecule has 0 saturated heterocycles. The van der Waals surface area contributed by atoms with Crippen LogP contribution in [0.5, 0.6) is 5.75 Å². The van der Waals surface area contributed by atoms with Crippen LogP contribution in [0.4, 0.5) is 0 Å². The van der Waals surface area contributed by atoms with Crippen molar-refractivity contribution in [2.24, 2.45) is 0 Å². The smallest absolute Gasteiger partial charge is 0.310 e. The maximum Gasteiger partial charge on any atom is 0.310 e. The second-order valence-corrected chi connectivity index (χ2v) is 9.94. The van der Waals surface area contributed by atoms with Gasteiger partial charge in [0.1, 0.15) is 5.75 Å². The minimum absolute atomic E-state index is 0.0711. The molecule has 6 nitrogen and oxygen atoms in total. The number of nitrogens with zero attached hydrogens (tertiary/aromatic N) is 2. The molecule has 1 aromatic heterocycles. The summed E-state index contributed by atoms with van der Waals surface area (Å²) >= 11 is 1.18. The Morgan fingerprint density at radius 1 is 1.00 bits per heavy atom. The molecule has 1 heterocycles. The minimum Gasteiger partial charge on any atom is -0.411 e. The van der Waals surface area contributed by atoms with Crippen LogP contribution in [0.15, 0.2) is 64.2 Å². The Bertz CT molecular complexity index is 1010. The van der Waals surface area contributed by atoms with Crippen molar-refractivity contribution in [2.45, 2.75) is 31.4 Å². The predicted octanol–water partition coefficient (Wildman–Crippen LogP) is 4.54. The third-order valence-corrected chi connectivity index (χ3v) is 6.16. The van der Waals surface area contributed by atoms with Gasteiger partial charge in [-0.15, -0.1) is 10.2 Å². The molecule has 0 radical (unpaired) electrons. The first-order valence-corrected chi connectivity index (χ1v) is 11.3. The van der Waals surface area contributed by atoms with E-state index in [1.54, 1.807) is 30.3 Å². The van der Waals surface area contributed by atoms with Gasteiger partial charge in [0.25, 0.3) is 5.22 Å². The van der Waals surface area contributed by atoms with Crippen molar-refractivity contribution >= 4 is 21.9 Å². The van der Waals surface area contributed by atoms with Gasteiger partial charge < -0.3 is 8.60 Å². The fraction of sp³-hybridized carbons (Fsp3) is 0.300. The molecule has 8 heteroatoms. The number of hydrogen-bond donors (Lipinski definition) is 0. The van der Waals surface area contributed by atoms with Gasteiger partial charge in [0, 0.05) is 11.3 Å². The van der Waals surface area contributed by atoms with Crippen LogP contribution in [0, 0.1) is 0 Å². The van der Waals surface area contributed by atoms with Crippen molar-refractivity contribution in [1.29, 1.82) is 0 Å². The summed E-state index contributed by atoms with van der Waals surface area (Å²) in [5, 5.41) is 8.34. The highest BCUT2D eigenvalue weighted by Gasteiger charge is 2.16. The topological polar surface area (TPSA) is 82.3 Å². The van der Waals surface area contributed by atoms with E-state index in [0.717, 1.165) is 5.56 Å². The fourth-order valence-corrected chi connectivity index (χ4v) is 4.44. The van der Waals surface area contributed by atoms with Crippen LogP contribution in [0.2, 0.25) is 0 Å². The van der Waals surface area contributed by atoms with Gasteiger partial charge in [-0.1, -0.05) is 62.9 Å². The Balaban J connectivity index is 1.56. The van der Waals surface area contributed by atoms with Crippen molar-refractivity contribution in [3.05, 3.63) is 60.2 Å². The zero-order chi connectivity index (χ0) is 20.2. The lowest BCUT2D eigenvalue weighted by molar-refractivity contribution is 0.466. The first-order valence-electron chi connectivity index (χ1n) is 8.77. The van der Waals surface area contributed by atoms with Crippen LogP contribution in [0.1, 0.15) is 26.3 Å². The van der Waals surface area contributed by atoms with Crippen molar-refractivity contribution < 1.29 is 17.0 Å². The highest BCUT2D eigenvalue weighted by molar-refractivity contribution is 8.00. The van der Waals surface area contributed by atoms with Crippen LogP contribution in [0.3, 0.4) is 0 Å². The SMILES string of the molecule is CC(C)(C)c1ccc(-c2nnc(SCCS(=O)(=O)Oc3ccccc3)o2)cc1. The lowest BCUT2D eigenvalue weighted by Crippen LogP contribution is -2.15. The van der Waals surface area contributed by atoms with Gasteiger partial charge in [-0.2, -0.15) is 8.42 Å². The summed E-state index contributed by atoms with van der Waals surface area (Å²) in [6, 6.07) is 16.4. The third kappa shape index (κ3) is 5.59. The van der Waals surface area contributed by atoms with Crippen LogP contribution in [-0.2, 0) is 15.5 Å². The number of rotatable bonds is 7. The molecule has 0 atom stereocenters. The molecule has 28 heavy (non-hydrogen) atoms. The summed E-state index contributed by atoms with van der Waals surface area (Å²) in [5.41, 5.74) is 2.11.